The quantitative estimate of drug-likeness (QED) is 0.600. The second-order valence-corrected chi connectivity index (χ2v) is 3.90. The largest absolute Gasteiger partial charge is 0.406 e. The first-order valence-corrected chi connectivity index (χ1v) is 4.35. The van der Waals surface area contributed by atoms with Crippen molar-refractivity contribution in [2.45, 2.75) is 37.4 Å². The minimum atomic E-state index is -4.06. The molecule has 1 nitrogen and oxygen atoms in total. The molecule has 3 aliphatic rings. The molecule has 0 amide bonds. The Balaban J connectivity index is 2.19. The first kappa shape index (κ1) is 8.35. The predicted octanol–water partition coefficient (Wildman–Crippen LogP) is 2.08. The number of hydrogen-bond donors (Lipinski definition) is 1. The van der Waals surface area contributed by atoms with Gasteiger partial charge in [0.2, 0.25) is 0 Å². The zero-order chi connectivity index (χ0) is 8.82. The number of hydrogen-bond acceptors (Lipinski definition) is 1. The van der Waals surface area contributed by atoms with Crippen LogP contribution in [0.1, 0.15) is 25.7 Å². The molecule has 3 fully saturated rings. The Bertz CT molecular complexity index is 165. The second-order valence-electron chi connectivity index (χ2n) is 3.90. The zero-order valence-corrected chi connectivity index (χ0v) is 6.75. The molecule has 1 aliphatic carbocycles. The van der Waals surface area contributed by atoms with Crippen LogP contribution in [0.5, 0.6) is 0 Å². The van der Waals surface area contributed by atoms with Crippen molar-refractivity contribution in [3.8, 4) is 0 Å². The van der Waals surface area contributed by atoms with Crippen molar-refractivity contribution in [2.75, 3.05) is 6.54 Å². The first-order chi connectivity index (χ1) is 5.54. The summed E-state index contributed by atoms with van der Waals surface area (Å²) in [6.07, 6.45) is -2.01. The standard InChI is InChI=1S/C8H12F3N/c9-8(10,11)7-3-1-6(2-4-7)5-12-7/h6,12H,1-5H2. The molecule has 3 rings (SSSR count). The van der Waals surface area contributed by atoms with Crippen LogP contribution in [0.2, 0.25) is 0 Å². The van der Waals surface area contributed by atoms with E-state index in [1.165, 1.54) is 0 Å². The summed E-state index contributed by atoms with van der Waals surface area (Å²) in [6.45, 7) is 0.555. The van der Waals surface area contributed by atoms with E-state index in [0.29, 0.717) is 12.5 Å². The summed E-state index contributed by atoms with van der Waals surface area (Å²) in [7, 11) is 0. The van der Waals surface area contributed by atoms with Crippen LogP contribution in [0.15, 0.2) is 0 Å². The molecule has 0 aromatic rings. The highest BCUT2D eigenvalue weighted by atomic mass is 19.4. The van der Waals surface area contributed by atoms with Gasteiger partial charge in [-0.2, -0.15) is 13.2 Å². The first-order valence-electron chi connectivity index (χ1n) is 4.35. The van der Waals surface area contributed by atoms with E-state index in [1.54, 1.807) is 0 Å². The minimum absolute atomic E-state index is 0.279. The third kappa shape index (κ3) is 1.04. The second kappa shape index (κ2) is 2.37. The van der Waals surface area contributed by atoms with Gasteiger partial charge in [0.25, 0.3) is 0 Å². The molecular weight excluding hydrogens is 167 g/mol. The van der Waals surface area contributed by atoms with Gasteiger partial charge >= 0.3 is 6.18 Å². The van der Waals surface area contributed by atoms with Gasteiger partial charge in [0.05, 0.1) is 0 Å². The van der Waals surface area contributed by atoms with Crippen molar-refractivity contribution in [3.63, 3.8) is 0 Å². The lowest BCUT2D eigenvalue weighted by Crippen LogP contribution is -2.63. The summed E-state index contributed by atoms with van der Waals surface area (Å²) in [5.41, 5.74) is -1.53. The van der Waals surface area contributed by atoms with Crippen molar-refractivity contribution < 1.29 is 13.2 Å². The van der Waals surface area contributed by atoms with Gasteiger partial charge in [-0.25, -0.2) is 0 Å². The topological polar surface area (TPSA) is 12.0 Å². The van der Waals surface area contributed by atoms with E-state index in [0.717, 1.165) is 12.8 Å². The summed E-state index contributed by atoms with van der Waals surface area (Å²) in [5.74, 6) is 0.495. The molecule has 2 saturated heterocycles. The fourth-order valence-corrected chi connectivity index (χ4v) is 2.27. The maximum absolute atomic E-state index is 12.6. The van der Waals surface area contributed by atoms with Crippen LogP contribution in [0, 0.1) is 5.92 Å². The molecule has 1 N–H and O–H groups in total. The Morgan fingerprint density at radius 2 is 1.75 bits per heavy atom. The number of halogens is 3. The molecule has 0 spiro atoms. The smallest absolute Gasteiger partial charge is 0.303 e. The average molecular weight is 179 g/mol. The number of alkyl halides is 3. The van der Waals surface area contributed by atoms with Gasteiger partial charge in [0.1, 0.15) is 5.54 Å². The fourth-order valence-electron chi connectivity index (χ4n) is 2.27. The Labute approximate surface area is 69.3 Å². The fraction of sp³-hybridized carbons (Fsp3) is 1.00. The third-order valence-corrected chi connectivity index (χ3v) is 3.23. The van der Waals surface area contributed by atoms with Crippen LogP contribution >= 0.6 is 0 Å². The van der Waals surface area contributed by atoms with E-state index in [9.17, 15) is 13.2 Å². The van der Waals surface area contributed by atoms with Crippen LogP contribution in [-0.4, -0.2) is 18.3 Å². The zero-order valence-electron chi connectivity index (χ0n) is 6.75. The Morgan fingerprint density at radius 3 is 2.00 bits per heavy atom. The number of nitrogens with one attached hydrogen (secondary N) is 1. The van der Waals surface area contributed by atoms with Crippen LogP contribution in [-0.2, 0) is 0 Å². The number of fused-ring (bicyclic) bond motifs is 3. The molecule has 70 valence electrons. The Kier molecular flexibility index (Phi) is 1.65. The average Bonchev–Trinajstić information content (AvgIpc) is 2.06. The monoisotopic (exact) mass is 179 g/mol. The molecule has 2 aliphatic heterocycles. The SMILES string of the molecule is FC(F)(F)C12CCC(CC1)CN2. The lowest BCUT2D eigenvalue weighted by atomic mass is 9.72. The van der Waals surface area contributed by atoms with Crippen molar-refractivity contribution in [2.24, 2.45) is 5.92 Å². The molecule has 0 aromatic heterocycles. The van der Waals surface area contributed by atoms with Gasteiger partial charge < -0.3 is 5.32 Å². The summed E-state index contributed by atoms with van der Waals surface area (Å²) < 4.78 is 37.7. The number of piperidine rings is 2. The summed E-state index contributed by atoms with van der Waals surface area (Å²) in [5, 5.41) is 2.65. The lowest BCUT2D eigenvalue weighted by molar-refractivity contribution is -0.217. The number of rotatable bonds is 0. The third-order valence-electron chi connectivity index (χ3n) is 3.23. The van der Waals surface area contributed by atoms with Crippen LogP contribution in [0.25, 0.3) is 0 Å². The van der Waals surface area contributed by atoms with Gasteiger partial charge in [-0.1, -0.05) is 0 Å². The highest BCUT2D eigenvalue weighted by molar-refractivity contribution is 5.03. The highest BCUT2D eigenvalue weighted by Crippen LogP contribution is 2.46. The van der Waals surface area contributed by atoms with Gasteiger partial charge in [-0.05, 0) is 38.1 Å². The Hall–Kier alpha value is -0.250. The molecule has 2 heterocycles. The van der Waals surface area contributed by atoms with E-state index >= 15 is 0 Å². The molecule has 0 radical (unpaired) electrons. The molecule has 0 atom stereocenters. The van der Waals surface area contributed by atoms with E-state index < -0.39 is 11.7 Å². The van der Waals surface area contributed by atoms with Gasteiger partial charge in [0.15, 0.2) is 0 Å². The van der Waals surface area contributed by atoms with Gasteiger partial charge in [0, 0.05) is 0 Å². The minimum Gasteiger partial charge on any atom is -0.303 e. The summed E-state index contributed by atoms with van der Waals surface area (Å²) >= 11 is 0. The van der Waals surface area contributed by atoms with Crippen LogP contribution < -0.4 is 5.32 Å². The highest BCUT2D eigenvalue weighted by Gasteiger charge is 2.57. The summed E-state index contributed by atoms with van der Waals surface area (Å²) in [4.78, 5) is 0. The lowest BCUT2D eigenvalue weighted by Gasteiger charge is -2.48. The van der Waals surface area contributed by atoms with Crippen LogP contribution in [0.3, 0.4) is 0 Å². The van der Waals surface area contributed by atoms with Crippen molar-refractivity contribution in [1.82, 2.24) is 5.32 Å². The van der Waals surface area contributed by atoms with E-state index in [-0.39, 0.29) is 12.8 Å². The van der Waals surface area contributed by atoms with Gasteiger partial charge in [-0.3, -0.25) is 0 Å². The molecule has 12 heavy (non-hydrogen) atoms. The van der Waals surface area contributed by atoms with Crippen molar-refractivity contribution in [1.29, 1.82) is 0 Å². The summed E-state index contributed by atoms with van der Waals surface area (Å²) in [6, 6.07) is 0. The molecule has 0 aromatic carbocycles. The normalized spacial score (nSPS) is 41.8. The predicted molar refractivity (Wildman–Crippen MR) is 38.7 cm³/mol. The van der Waals surface area contributed by atoms with E-state index in [2.05, 4.69) is 5.32 Å². The van der Waals surface area contributed by atoms with Crippen molar-refractivity contribution in [3.05, 3.63) is 0 Å². The van der Waals surface area contributed by atoms with E-state index in [4.69, 9.17) is 0 Å². The molecule has 1 saturated carbocycles. The van der Waals surface area contributed by atoms with E-state index in [1.807, 2.05) is 0 Å². The molecular formula is C8H12F3N. The molecule has 4 heteroatoms. The maximum atomic E-state index is 12.6. The van der Waals surface area contributed by atoms with Crippen LogP contribution in [0.4, 0.5) is 13.2 Å². The molecule has 2 bridgehead atoms. The van der Waals surface area contributed by atoms with Gasteiger partial charge in [-0.15, -0.1) is 0 Å². The Morgan fingerprint density at radius 1 is 1.17 bits per heavy atom. The maximum Gasteiger partial charge on any atom is 0.406 e. The van der Waals surface area contributed by atoms with Crippen molar-refractivity contribution >= 4 is 0 Å². The molecule has 0 unspecified atom stereocenters.